The van der Waals surface area contributed by atoms with Crippen molar-refractivity contribution in [3.8, 4) is 0 Å². The number of benzene rings is 1. The zero-order valence-corrected chi connectivity index (χ0v) is 10.2. The smallest absolute Gasteiger partial charge is 0.315 e. The zero-order valence-electron chi connectivity index (χ0n) is 10.2. The van der Waals surface area contributed by atoms with Gasteiger partial charge in [-0.05, 0) is 25.3 Å². The van der Waals surface area contributed by atoms with Crippen molar-refractivity contribution in [1.29, 1.82) is 5.41 Å². The lowest BCUT2D eigenvalue weighted by molar-refractivity contribution is 0.194. The van der Waals surface area contributed by atoms with Gasteiger partial charge in [0.05, 0.1) is 5.54 Å². The molecule has 1 saturated heterocycles. The summed E-state index contributed by atoms with van der Waals surface area (Å²) in [5.41, 5.74) is 0.724. The second kappa shape index (κ2) is 4.20. The highest BCUT2D eigenvalue weighted by atomic mass is 16.2. The molecule has 90 valence electrons. The first-order valence-corrected chi connectivity index (χ1v) is 5.72. The number of amides is 2. The topological polar surface area (TPSA) is 56.2 Å². The molecule has 0 aromatic heterocycles. The van der Waals surface area contributed by atoms with Gasteiger partial charge in [-0.1, -0.05) is 30.3 Å². The number of likely N-dealkylation sites (N-methyl/N-ethyl adjacent to an activating group) is 1. The third-order valence-corrected chi connectivity index (χ3v) is 3.56. The molecular formula is C13H17N3O. The van der Waals surface area contributed by atoms with E-state index in [0.717, 1.165) is 12.8 Å². The number of rotatable bonds is 3. The lowest BCUT2D eigenvalue weighted by Gasteiger charge is -2.30. The zero-order chi connectivity index (χ0) is 12.5. The van der Waals surface area contributed by atoms with Gasteiger partial charge in [-0.25, -0.2) is 4.79 Å². The van der Waals surface area contributed by atoms with Crippen molar-refractivity contribution in [2.45, 2.75) is 25.3 Å². The second-order valence-corrected chi connectivity index (χ2v) is 4.62. The molecule has 4 nitrogen and oxygen atoms in total. The Bertz CT molecular complexity index is 443. The molecule has 1 fully saturated rings. The molecule has 1 unspecified atom stereocenters. The average molecular weight is 231 g/mol. The highest BCUT2D eigenvalue weighted by Gasteiger charge is 2.43. The number of hydrogen-bond donors (Lipinski definition) is 2. The fourth-order valence-electron chi connectivity index (χ4n) is 2.04. The van der Waals surface area contributed by atoms with Crippen LogP contribution in [-0.2, 0) is 6.42 Å². The summed E-state index contributed by atoms with van der Waals surface area (Å²) < 4.78 is 0. The van der Waals surface area contributed by atoms with Crippen LogP contribution in [0, 0.1) is 5.41 Å². The number of nitrogens with zero attached hydrogens (tertiary/aromatic N) is 1. The van der Waals surface area contributed by atoms with Gasteiger partial charge in [0.15, 0.2) is 0 Å². The molecule has 1 heterocycles. The van der Waals surface area contributed by atoms with Crippen LogP contribution < -0.4 is 5.32 Å². The van der Waals surface area contributed by atoms with Crippen LogP contribution in [0.1, 0.15) is 18.9 Å². The van der Waals surface area contributed by atoms with Crippen LogP contribution >= 0.6 is 0 Å². The summed E-state index contributed by atoms with van der Waals surface area (Å²) in [6, 6.07) is 9.94. The number of urea groups is 1. The first-order chi connectivity index (χ1) is 8.04. The summed E-state index contributed by atoms with van der Waals surface area (Å²) in [7, 11) is 1.74. The van der Waals surface area contributed by atoms with E-state index in [0.29, 0.717) is 5.84 Å². The van der Waals surface area contributed by atoms with E-state index in [9.17, 15) is 4.79 Å². The lowest BCUT2D eigenvalue weighted by atomic mass is 9.92. The van der Waals surface area contributed by atoms with Crippen LogP contribution in [0.15, 0.2) is 30.3 Å². The molecule has 0 saturated carbocycles. The summed E-state index contributed by atoms with van der Waals surface area (Å²) >= 11 is 0. The number of carbonyl (C=O) groups excluding carboxylic acids is 1. The van der Waals surface area contributed by atoms with Crippen LogP contribution in [0.5, 0.6) is 0 Å². The monoisotopic (exact) mass is 231 g/mol. The minimum atomic E-state index is -0.507. The molecule has 0 aliphatic carbocycles. The van der Waals surface area contributed by atoms with Gasteiger partial charge in [-0.15, -0.1) is 0 Å². The van der Waals surface area contributed by atoms with E-state index in [-0.39, 0.29) is 6.03 Å². The van der Waals surface area contributed by atoms with E-state index >= 15 is 0 Å². The highest BCUT2D eigenvalue weighted by Crippen LogP contribution is 2.25. The van der Waals surface area contributed by atoms with Crippen molar-refractivity contribution in [3.63, 3.8) is 0 Å². The van der Waals surface area contributed by atoms with Gasteiger partial charge in [0.2, 0.25) is 0 Å². The third kappa shape index (κ3) is 2.02. The van der Waals surface area contributed by atoms with Crippen LogP contribution in [0.2, 0.25) is 0 Å². The first-order valence-electron chi connectivity index (χ1n) is 5.72. The van der Waals surface area contributed by atoms with Crippen molar-refractivity contribution in [2.24, 2.45) is 0 Å². The van der Waals surface area contributed by atoms with Crippen LogP contribution in [0.3, 0.4) is 0 Å². The second-order valence-electron chi connectivity index (χ2n) is 4.62. The quantitative estimate of drug-likeness (QED) is 0.821. The van der Waals surface area contributed by atoms with E-state index in [2.05, 4.69) is 17.4 Å². The Morgan fingerprint density at radius 1 is 1.35 bits per heavy atom. The van der Waals surface area contributed by atoms with Gasteiger partial charge in [-0.2, -0.15) is 0 Å². The Morgan fingerprint density at radius 2 is 2.00 bits per heavy atom. The summed E-state index contributed by atoms with van der Waals surface area (Å²) in [6.07, 6.45) is 1.62. The van der Waals surface area contributed by atoms with Gasteiger partial charge < -0.3 is 4.90 Å². The number of amidine groups is 1. The molecule has 1 aliphatic rings. The predicted molar refractivity (Wildman–Crippen MR) is 67.2 cm³/mol. The highest BCUT2D eigenvalue weighted by molar-refractivity contribution is 6.08. The normalized spacial score (nSPS) is 24.0. The molecule has 0 radical (unpaired) electrons. The number of aryl methyl sites for hydroxylation is 1. The van der Waals surface area contributed by atoms with E-state index in [1.54, 1.807) is 11.9 Å². The lowest BCUT2D eigenvalue weighted by Crippen LogP contribution is -2.44. The maximum absolute atomic E-state index is 11.5. The first kappa shape index (κ1) is 11.6. The minimum absolute atomic E-state index is 0.189. The van der Waals surface area contributed by atoms with Gasteiger partial charge >= 0.3 is 6.03 Å². The van der Waals surface area contributed by atoms with Gasteiger partial charge in [0, 0.05) is 7.05 Å². The maximum Gasteiger partial charge on any atom is 0.323 e. The Hall–Kier alpha value is -1.84. The molecular weight excluding hydrogens is 214 g/mol. The van der Waals surface area contributed by atoms with Gasteiger partial charge in [-0.3, -0.25) is 10.7 Å². The number of carbonyl (C=O) groups is 1. The Kier molecular flexibility index (Phi) is 2.88. The van der Waals surface area contributed by atoms with Crippen LogP contribution in [0.4, 0.5) is 4.79 Å². The van der Waals surface area contributed by atoms with Crippen molar-refractivity contribution in [1.82, 2.24) is 10.2 Å². The number of nitrogens with one attached hydrogen (secondary N) is 2. The van der Waals surface area contributed by atoms with Crippen LogP contribution in [0.25, 0.3) is 0 Å². The van der Waals surface area contributed by atoms with E-state index in [1.165, 1.54) is 5.56 Å². The maximum atomic E-state index is 11.5. The molecule has 1 aromatic rings. The molecule has 2 amide bonds. The predicted octanol–water partition coefficient (Wildman–Crippen LogP) is 2.01. The summed E-state index contributed by atoms with van der Waals surface area (Å²) in [4.78, 5) is 13.1. The van der Waals surface area contributed by atoms with E-state index in [1.807, 2.05) is 25.1 Å². The fourth-order valence-corrected chi connectivity index (χ4v) is 2.04. The van der Waals surface area contributed by atoms with E-state index in [4.69, 9.17) is 5.41 Å². The van der Waals surface area contributed by atoms with E-state index < -0.39 is 5.54 Å². The third-order valence-electron chi connectivity index (χ3n) is 3.56. The van der Waals surface area contributed by atoms with Crippen molar-refractivity contribution >= 4 is 11.9 Å². The molecule has 0 bridgehead atoms. The van der Waals surface area contributed by atoms with Crippen molar-refractivity contribution in [3.05, 3.63) is 35.9 Å². The minimum Gasteiger partial charge on any atom is -0.315 e. The molecule has 0 spiro atoms. The molecule has 2 rings (SSSR count). The summed E-state index contributed by atoms with van der Waals surface area (Å²) in [6.45, 7) is 1.93. The SMILES string of the molecule is CN1C(=O)NC(=N)C1(C)CCc1ccccc1. The molecule has 1 aromatic carbocycles. The molecule has 17 heavy (non-hydrogen) atoms. The molecule has 1 atom stereocenters. The Morgan fingerprint density at radius 3 is 2.53 bits per heavy atom. The summed E-state index contributed by atoms with van der Waals surface area (Å²) in [5, 5.41) is 10.4. The Balaban J connectivity index is 2.08. The largest absolute Gasteiger partial charge is 0.323 e. The summed E-state index contributed by atoms with van der Waals surface area (Å²) in [5.74, 6) is 0.293. The standard InChI is InChI=1S/C13H17N3O/c1-13(11(14)15-12(17)16(13)2)9-8-10-6-4-3-5-7-10/h3-7H,8-9H2,1-2H3,(H2,14,15,17). The van der Waals surface area contributed by atoms with Gasteiger partial charge in [0.1, 0.15) is 5.84 Å². The molecule has 2 N–H and O–H groups in total. The number of hydrogen-bond acceptors (Lipinski definition) is 2. The average Bonchev–Trinajstić information content (AvgIpc) is 2.53. The van der Waals surface area contributed by atoms with Crippen LogP contribution in [-0.4, -0.2) is 29.4 Å². The van der Waals surface area contributed by atoms with Crippen molar-refractivity contribution < 1.29 is 4.79 Å². The Labute approximate surface area is 101 Å². The molecule has 1 aliphatic heterocycles. The van der Waals surface area contributed by atoms with Crippen molar-refractivity contribution in [2.75, 3.05) is 7.05 Å². The fraction of sp³-hybridized carbons (Fsp3) is 0.385. The van der Waals surface area contributed by atoms with Gasteiger partial charge in [0.25, 0.3) is 0 Å². The molecule has 4 heteroatoms.